The van der Waals surface area contributed by atoms with Crippen LogP contribution in [0, 0.1) is 0 Å². The lowest BCUT2D eigenvalue weighted by Gasteiger charge is -2.10. The average molecular weight is 933 g/mol. The van der Waals surface area contributed by atoms with Crippen LogP contribution in [0.2, 0.25) is 0 Å². The highest BCUT2D eigenvalue weighted by Gasteiger charge is 2.34. The molecule has 0 aliphatic heterocycles. The van der Waals surface area contributed by atoms with Crippen molar-refractivity contribution in [3.63, 3.8) is 0 Å². The zero-order chi connectivity index (χ0) is 50.1. The molecule has 0 radical (unpaired) electrons. The average Bonchev–Trinajstić information content (AvgIpc) is 3.41. The molecule has 72 heavy (non-hydrogen) atoms. The fourth-order valence-electron chi connectivity index (χ4n) is 8.45. The van der Waals surface area contributed by atoms with Crippen LogP contribution in [0.1, 0.15) is 89.0 Å². The molecule has 8 bridgehead atoms. The van der Waals surface area contributed by atoms with Crippen LogP contribution < -0.4 is 0 Å². The van der Waals surface area contributed by atoms with Gasteiger partial charge in [0, 0.05) is 49.6 Å². The zero-order valence-electron chi connectivity index (χ0n) is 37.1. The Morgan fingerprint density at radius 1 is 0.236 bits per heavy atom. The van der Waals surface area contributed by atoms with Gasteiger partial charge in [-0.25, -0.2) is 0 Å². The van der Waals surface area contributed by atoms with Crippen LogP contribution in [-0.2, 0) is 0 Å². The van der Waals surface area contributed by atoms with Gasteiger partial charge in [-0.1, -0.05) is 0 Å². The van der Waals surface area contributed by atoms with Crippen LogP contribution in [0.15, 0.2) is 171 Å². The highest BCUT2D eigenvalue weighted by molar-refractivity contribution is 6.23. The minimum atomic E-state index is -0.125. The van der Waals surface area contributed by atoms with Gasteiger partial charge in [-0.2, -0.15) is 38.3 Å². The van der Waals surface area contributed by atoms with Crippen LogP contribution in [0.4, 0.5) is 0 Å². The zero-order valence-corrected chi connectivity index (χ0v) is 37.1. The van der Waals surface area contributed by atoms with E-state index in [-0.39, 0.29) is 112 Å². The van der Waals surface area contributed by atoms with Gasteiger partial charge in [-0.15, -0.1) is 0 Å². The second-order valence-electron chi connectivity index (χ2n) is 15.7. The number of fused-ring (bicyclic) bond motifs is 8. The number of rotatable bonds is 8. The van der Waals surface area contributed by atoms with E-state index in [0.29, 0.717) is 22.3 Å². The highest BCUT2D eigenvalue weighted by atomic mass is 14.9. The summed E-state index contributed by atoms with van der Waals surface area (Å²) in [7, 11) is 0. The van der Waals surface area contributed by atoms with E-state index in [1.54, 1.807) is 121 Å². The summed E-state index contributed by atoms with van der Waals surface area (Å²) in [6, 6.07) is 31.5. The van der Waals surface area contributed by atoms with Gasteiger partial charge in [-0.3, -0.25) is 19.9 Å². The van der Waals surface area contributed by atoms with Crippen LogP contribution >= 0.6 is 0 Å². The molecule has 0 N–H and O–H groups in total. The molecule has 0 fully saturated rings. The molecule has 20 heteroatoms. The number of pyridine rings is 4. The molecular weight excluding hydrogens is 905 g/mol. The van der Waals surface area contributed by atoms with Crippen LogP contribution in [-0.4, -0.2) is 104 Å². The summed E-state index contributed by atoms with van der Waals surface area (Å²) in [4.78, 5) is 46.0. The Labute approximate surface area is 406 Å². The fourth-order valence-corrected chi connectivity index (χ4v) is 8.45. The Morgan fingerprint density at radius 3 is 0.542 bits per heavy atom. The van der Waals surface area contributed by atoms with E-state index in [0.717, 1.165) is 0 Å². The first-order valence-corrected chi connectivity index (χ1v) is 21.4. The summed E-state index contributed by atoms with van der Waals surface area (Å²) < 4.78 is 0. The predicted molar refractivity (Wildman–Crippen MR) is 257 cm³/mol. The normalized spacial score (nSPS) is 11.2. The van der Waals surface area contributed by atoms with E-state index >= 15 is 0 Å². The molecule has 0 unspecified atom stereocenters. The third kappa shape index (κ3) is 8.78. The molecule has 0 atom stereocenters. The maximum Gasteiger partial charge on any atom is 0.329 e. The molecule has 8 aromatic rings. The molecule has 4 heterocycles. The molecule has 20 nitrogen and oxygen atoms in total. The van der Waals surface area contributed by atoms with Gasteiger partial charge >= 0.3 is 45.7 Å². The van der Waals surface area contributed by atoms with E-state index in [1.165, 1.54) is 49.6 Å². The van der Waals surface area contributed by atoms with Gasteiger partial charge in [0.15, 0.2) is 0 Å². The fraction of sp³-hybridized carbons (Fsp3) is 0. The SMILES string of the molecule is [N-]=[N+]=C(c1ccncc1)c1cc2cc(c1)C(=[N+]=[N-])c1cc(C(=[N+]=[N-])c3ccncc3)cc(c1)C(=[N+]=[N-])c1cc(C(=[N+]=[N-])c3ccncc3)cc(c1)C(=[N+]=[N-])c1cc(C(=[N+]=[N-])c3ccncc3)cc(c1)C2=[N+]=[N-]. The topological polar surface area (TPSA) is 343 Å². The standard InChI is InChI=1S/C52H28N20/c53-65-45(29-1-9-61-10-2-29)33-17-37-25-38(18-33)50(70-58)40-20-35(47(67-55)31-5-13-63-14-6-31)22-42(27-40)52(72-60)44-24-36(48(68-56)32-7-15-64-16-8-32)23-43(28-44)51(71-59)41-21-34(19-39(26-41)49(37)69-57)46(66-54)30-3-11-62-12-4-30/h1-28H. The maximum absolute atomic E-state index is 11.1. The van der Waals surface area contributed by atoms with Crippen LogP contribution in [0.3, 0.4) is 0 Å². The van der Waals surface area contributed by atoms with Gasteiger partial charge < -0.3 is 44.2 Å². The quantitative estimate of drug-likeness (QED) is 0.0987. The number of hydrogen-bond donors (Lipinski definition) is 0. The largest absolute Gasteiger partial charge is 0.361 e. The Kier molecular flexibility index (Phi) is 12.8. The van der Waals surface area contributed by atoms with Crippen molar-refractivity contribution in [2.45, 2.75) is 0 Å². The maximum atomic E-state index is 11.1. The summed E-state index contributed by atoms with van der Waals surface area (Å²) in [5.74, 6) is 0. The van der Waals surface area contributed by atoms with Crippen LogP contribution in [0.5, 0.6) is 0 Å². The van der Waals surface area contributed by atoms with E-state index in [9.17, 15) is 44.2 Å². The van der Waals surface area contributed by atoms with Crippen molar-refractivity contribution < 1.29 is 38.3 Å². The van der Waals surface area contributed by atoms with Gasteiger partial charge in [0.1, 0.15) is 0 Å². The Hall–Kier alpha value is -11.5. The second kappa shape index (κ2) is 20.2. The monoisotopic (exact) mass is 932 g/mol. The molecule has 0 spiro atoms. The van der Waals surface area contributed by atoms with Gasteiger partial charge in [0.2, 0.25) is 0 Å². The number of nitrogens with zero attached hydrogens (tertiary/aromatic N) is 20. The van der Waals surface area contributed by atoms with E-state index in [1.807, 2.05) is 0 Å². The first-order valence-electron chi connectivity index (χ1n) is 21.4. The Morgan fingerprint density at radius 2 is 0.403 bits per heavy atom. The molecule has 1 aliphatic carbocycles. The highest BCUT2D eigenvalue weighted by Crippen LogP contribution is 2.28. The van der Waals surface area contributed by atoms with E-state index in [4.69, 9.17) is 0 Å². The van der Waals surface area contributed by atoms with Crippen molar-refractivity contribution in [2.75, 3.05) is 0 Å². The van der Waals surface area contributed by atoms with Crippen molar-refractivity contribution in [1.82, 2.24) is 19.9 Å². The van der Waals surface area contributed by atoms with Crippen molar-refractivity contribution in [1.29, 1.82) is 0 Å². The number of benzene rings is 4. The number of aromatic nitrogens is 4. The predicted octanol–water partition coefficient (Wildman–Crippen LogP) is 6.12. The second-order valence-corrected chi connectivity index (χ2v) is 15.7. The first-order chi connectivity index (χ1) is 35.3. The minimum Gasteiger partial charge on any atom is -0.361 e. The van der Waals surface area contributed by atoms with Crippen LogP contribution in [0.25, 0.3) is 44.2 Å². The molecule has 1 aliphatic rings. The van der Waals surface area contributed by atoms with E-state index < -0.39 is 0 Å². The summed E-state index contributed by atoms with van der Waals surface area (Å²) in [5.41, 5.74) is 90.5. The molecule has 4 aromatic heterocycles. The lowest BCUT2D eigenvalue weighted by molar-refractivity contribution is -0.00398. The van der Waals surface area contributed by atoms with Crippen molar-refractivity contribution >= 4 is 45.7 Å². The molecular formula is C52H28N20. The Bertz CT molecular complexity index is 3370. The molecule has 0 amide bonds. The lowest BCUT2D eigenvalue weighted by Crippen LogP contribution is -2.18. The molecule has 4 aromatic carbocycles. The Balaban J connectivity index is 1.43. The van der Waals surface area contributed by atoms with Gasteiger partial charge in [-0.05, 0) is 121 Å². The smallest absolute Gasteiger partial charge is 0.329 e. The van der Waals surface area contributed by atoms with Gasteiger partial charge in [0.05, 0.1) is 89.0 Å². The summed E-state index contributed by atoms with van der Waals surface area (Å²) >= 11 is 0. The number of hydrogen-bond acceptors (Lipinski definition) is 4. The summed E-state index contributed by atoms with van der Waals surface area (Å²) in [5, 5.41) is 0. The third-order valence-electron chi connectivity index (χ3n) is 11.6. The lowest BCUT2D eigenvalue weighted by atomic mass is 9.86. The van der Waals surface area contributed by atoms with Crippen molar-refractivity contribution in [2.24, 2.45) is 0 Å². The van der Waals surface area contributed by atoms with Crippen molar-refractivity contribution in [3.8, 4) is 0 Å². The first kappa shape index (κ1) is 45.7. The van der Waals surface area contributed by atoms with E-state index in [2.05, 4.69) is 58.3 Å². The van der Waals surface area contributed by atoms with Gasteiger partial charge in [0.25, 0.3) is 0 Å². The molecule has 0 saturated heterocycles. The summed E-state index contributed by atoms with van der Waals surface area (Å²) in [6.45, 7) is 0. The summed E-state index contributed by atoms with van der Waals surface area (Å²) in [6.07, 6.45) is 12.0. The van der Waals surface area contributed by atoms with Crippen molar-refractivity contribution in [3.05, 3.63) is 304 Å². The minimum absolute atomic E-state index is 0.0318. The molecule has 9 rings (SSSR count). The third-order valence-corrected chi connectivity index (χ3v) is 11.6. The molecule has 0 saturated carbocycles. The molecule has 336 valence electrons.